The SMILES string of the molecule is CC(C)N(CCNC(=O)N1CCCC(CO)C1)C(C)C. The molecule has 0 saturated carbocycles. The second-order valence-electron chi connectivity index (χ2n) is 6.29. The minimum atomic E-state index is 0.00983. The first-order valence-corrected chi connectivity index (χ1v) is 7.85. The molecule has 1 heterocycles. The van der Waals surface area contributed by atoms with Gasteiger partial charge in [0.2, 0.25) is 0 Å². The van der Waals surface area contributed by atoms with Crippen LogP contribution in [0.3, 0.4) is 0 Å². The van der Waals surface area contributed by atoms with E-state index in [1.165, 1.54) is 0 Å². The van der Waals surface area contributed by atoms with Gasteiger partial charge in [-0.25, -0.2) is 4.79 Å². The van der Waals surface area contributed by atoms with E-state index in [1.807, 2.05) is 4.90 Å². The molecule has 118 valence electrons. The molecule has 1 saturated heterocycles. The van der Waals surface area contributed by atoms with Gasteiger partial charge in [0.15, 0.2) is 0 Å². The van der Waals surface area contributed by atoms with Crippen LogP contribution in [-0.2, 0) is 0 Å². The molecule has 0 aromatic heterocycles. The zero-order valence-electron chi connectivity index (χ0n) is 13.4. The van der Waals surface area contributed by atoms with E-state index < -0.39 is 0 Å². The van der Waals surface area contributed by atoms with Crippen molar-refractivity contribution < 1.29 is 9.90 Å². The summed E-state index contributed by atoms with van der Waals surface area (Å²) in [6, 6.07) is 0.983. The van der Waals surface area contributed by atoms with Crippen LogP contribution in [0.1, 0.15) is 40.5 Å². The predicted octanol–water partition coefficient (Wildman–Crippen LogP) is 1.52. The Hall–Kier alpha value is -0.810. The summed E-state index contributed by atoms with van der Waals surface area (Å²) in [4.78, 5) is 16.3. The molecule has 5 nitrogen and oxygen atoms in total. The summed E-state index contributed by atoms with van der Waals surface area (Å²) in [5.41, 5.74) is 0. The molecule has 1 fully saturated rings. The van der Waals surface area contributed by atoms with E-state index in [4.69, 9.17) is 0 Å². The van der Waals surface area contributed by atoms with E-state index in [2.05, 4.69) is 37.9 Å². The number of carbonyl (C=O) groups excluding carboxylic acids is 1. The molecular formula is C15H31N3O2. The number of nitrogens with zero attached hydrogens (tertiary/aromatic N) is 2. The van der Waals surface area contributed by atoms with Crippen molar-refractivity contribution in [2.24, 2.45) is 5.92 Å². The highest BCUT2D eigenvalue weighted by Gasteiger charge is 2.23. The number of aliphatic hydroxyl groups excluding tert-OH is 1. The van der Waals surface area contributed by atoms with E-state index in [9.17, 15) is 9.90 Å². The largest absolute Gasteiger partial charge is 0.396 e. The number of hydrogen-bond acceptors (Lipinski definition) is 3. The first-order chi connectivity index (χ1) is 9.45. The molecule has 0 bridgehead atoms. The van der Waals surface area contributed by atoms with Gasteiger partial charge in [0, 0.05) is 44.9 Å². The molecule has 1 atom stereocenters. The van der Waals surface area contributed by atoms with Crippen molar-refractivity contribution in [3.63, 3.8) is 0 Å². The average Bonchev–Trinajstić information content (AvgIpc) is 2.42. The third-order valence-corrected chi connectivity index (χ3v) is 4.04. The fourth-order valence-corrected chi connectivity index (χ4v) is 2.91. The zero-order chi connectivity index (χ0) is 15.1. The van der Waals surface area contributed by atoms with Crippen LogP contribution in [0, 0.1) is 5.92 Å². The predicted molar refractivity (Wildman–Crippen MR) is 81.8 cm³/mol. The highest BCUT2D eigenvalue weighted by atomic mass is 16.3. The van der Waals surface area contributed by atoms with Crippen LogP contribution in [0.4, 0.5) is 4.79 Å². The van der Waals surface area contributed by atoms with Crippen LogP contribution < -0.4 is 5.32 Å². The average molecular weight is 285 g/mol. The van der Waals surface area contributed by atoms with Crippen LogP contribution in [0.25, 0.3) is 0 Å². The van der Waals surface area contributed by atoms with E-state index in [1.54, 1.807) is 0 Å². The van der Waals surface area contributed by atoms with E-state index in [-0.39, 0.29) is 18.6 Å². The number of likely N-dealkylation sites (tertiary alicyclic amines) is 1. The molecule has 1 rings (SSSR count). The molecule has 5 heteroatoms. The summed E-state index contributed by atoms with van der Waals surface area (Å²) >= 11 is 0. The van der Waals surface area contributed by atoms with Crippen LogP contribution in [0.5, 0.6) is 0 Å². The van der Waals surface area contributed by atoms with Crippen molar-refractivity contribution in [3.8, 4) is 0 Å². The third-order valence-electron chi connectivity index (χ3n) is 4.04. The van der Waals surface area contributed by atoms with Gasteiger partial charge < -0.3 is 15.3 Å². The maximum absolute atomic E-state index is 12.1. The van der Waals surface area contributed by atoms with Gasteiger partial charge in [-0.3, -0.25) is 4.90 Å². The molecule has 2 N–H and O–H groups in total. The number of urea groups is 1. The van der Waals surface area contributed by atoms with Gasteiger partial charge in [0.1, 0.15) is 0 Å². The fourth-order valence-electron chi connectivity index (χ4n) is 2.91. The Bertz CT molecular complexity index is 287. The molecule has 0 radical (unpaired) electrons. The standard InChI is InChI=1S/C15H31N3O2/c1-12(2)18(13(3)4)9-7-16-15(20)17-8-5-6-14(10-17)11-19/h12-14,19H,5-11H2,1-4H3,(H,16,20). The highest BCUT2D eigenvalue weighted by molar-refractivity contribution is 5.74. The van der Waals surface area contributed by atoms with Gasteiger partial charge in [-0.2, -0.15) is 0 Å². The Morgan fingerprint density at radius 2 is 2.00 bits per heavy atom. The summed E-state index contributed by atoms with van der Waals surface area (Å²) < 4.78 is 0. The molecular weight excluding hydrogens is 254 g/mol. The smallest absolute Gasteiger partial charge is 0.317 e. The van der Waals surface area contributed by atoms with Crippen molar-refractivity contribution >= 4 is 6.03 Å². The summed E-state index contributed by atoms with van der Waals surface area (Å²) in [6.07, 6.45) is 2.01. The summed E-state index contributed by atoms with van der Waals surface area (Å²) in [5.74, 6) is 0.248. The third kappa shape index (κ3) is 5.29. The fraction of sp³-hybridized carbons (Fsp3) is 0.933. The molecule has 1 aliphatic rings. The van der Waals surface area contributed by atoms with Crippen LogP contribution in [0.15, 0.2) is 0 Å². The van der Waals surface area contributed by atoms with Crippen molar-refractivity contribution in [1.82, 2.24) is 15.1 Å². The maximum atomic E-state index is 12.1. The lowest BCUT2D eigenvalue weighted by Gasteiger charge is -2.33. The lowest BCUT2D eigenvalue weighted by molar-refractivity contribution is 0.127. The highest BCUT2D eigenvalue weighted by Crippen LogP contribution is 2.15. The van der Waals surface area contributed by atoms with Gasteiger partial charge in [0.25, 0.3) is 0 Å². The van der Waals surface area contributed by atoms with Gasteiger partial charge in [-0.15, -0.1) is 0 Å². The molecule has 2 amide bonds. The summed E-state index contributed by atoms with van der Waals surface area (Å²) in [5, 5.41) is 12.2. The van der Waals surface area contributed by atoms with E-state index in [0.29, 0.717) is 25.2 Å². The zero-order valence-corrected chi connectivity index (χ0v) is 13.4. The maximum Gasteiger partial charge on any atom is 0.317 e. The number of hydrogen-bond donors (Lipinski definition) is 2. The summed E-state index contributed by atoms with van der Waals surface area (Å²) in [6.45, 7) is 11.9. The normalized spacial score (nSPS) is 20.0. The minimum Gasteiger partial charge on any atom is -0.396 e. The second kappa shape index (κ2) is 8.47. The lowest BCUT2D eigenvalue weighted by atomic mass is 9.99. The van der Waals surface area contributed by atoms with Crippen molar-refractivity contribution in [3.05, 3.63) is 0 Å². The van der Waals surface area contributed by atoms with Crippen molar-refractivity contribution in [2.45, 2.75) is 52.6 Å². The minimum absolute atomic E-state index is 0.00983. The Balaban J connectivity index is 2.32. The number of nitrogens with one attached hydrogen (secondary N) is 1. The lowest BCUT2D eigenvalue weighted by Crippen LogP contribution is -2.49. The quantitative estimate of drug-likeness (QED) is 0.778. The Morgan fingerprint density at radius 1 is 1.35 bits per heavy atom. The van der Waals surface area contributed by atoms with Crippen LogP contribution >= 0.6 is 0 Å². The van der Waals surface area contributed by atoms with Gasteiger partial charge in [0.05, 0.1) is 0 Å². The monoisotopic (exact) mass is 285 g/mol. The second-order valence-corrected chi connectivity index (χ2v) is 6.29. The Morgan fingerprint density at radius 3 is 2.55 bits per heavy atom. The number of aliphatic hydroxyl groups is 1. The molecule has 1 unspecified atom stereocenters. The Labute approximate surface area is 123 Å². The summed E-state index contributed by atoms with van der Waals surface area (Å²) in [7, 11) is 0. The topological polar surface area (TPSA) is 55.8 Å². The first kappa shape index (κ1) is 17.2. The van der Waals surface area contributed by atoms with Crippen LogP contribution in [-0.4, -0.2) is 65.8 Å². The number of amides is 2. The molecule has 0 spiro atoms. The van der Waals surface area contributed by atoms with Crippen molar-refractivity contribution in [2.75, 3.05) is 32.8 Å². The molecule has 20 heavy (non-hydrogen) atoms. The van der Waals surface area contributed by atoms with Gasteiger partial charge in [-0.05, 0) is 46.5 Å². The molecule has 1 aliphatic heterocycles. The number of rotatable bonds is 6. The first-order valence-electron chi connectivity index (χ1n) is 7.85. The van der Waals surface area contributed by atoms with E-state index in [0.717, 1.165) is 25.9 Å². The molecule has 0 aliphatic carbocycles. The van der Waals surface area contributed by atoms with Crippen LogP contribution in [0.2, 0.25) is 0 Å². The van der Waals surface area contributed by atoms with E-state index >= 15 is 0 Å². The van der Waals surface area contributed by atoms with Crippen molar-refractivity contribution in [1.29, 1.82) is 0 Å². The van der Waals surface area contributed by atoms with Gasteiger partial charge >= 0.3 is 6.03 Å². The molecule has 0 aromatic rings. The van der Waals surface area contributed by atoms with Gasteiger partial charge in [-0.1, -0.05) is 0 Å². The Kier molecular flexibility index (Phi) is 7.30. The molecule has 0 aromatic carbocycles. The number of piperidine rings is 1. The number of carbonyl (C=O) groups is 1.